The van der Waals surface area contributed by atoms with E-state index in [2.05, 4.69) is 10.8 Å². The minimum absolute atomic E-state index is 0.424. The lowest BCUT2D eigenvalue weighted by Gasteiger charge is -1.97. The normalized spacial score (nSPS) is 10.4. The van der Waals surface area contributed by atoms with Gasteiger partial charge in [-0.2, -0.15) is 5.10 Å². The fourth-order valence-electron chi connectivity index (χ4n) is 0.845. The first-order valence-electron chi connectivity index (χ1n) is 4.09. The number of nitrogens with zero attached hydrogens (tertiary/aromatic N) is 1. The molecule has 0 radical (unpaired) electrons. The molecule has 0 saturated heterocycles. The minimum Gasteiger partial charge on any atom is -0.361 e. The van der Waals surface area contributed by atoms with Crippen LogP contribution in [0.3, 0.4) is 0 Å². The van der Waals surface area contributed by atoms with Gasteiger partial charge in [0.15, 0.2) is 0 Å². The molecule has 1 aromatic rings. The van der Waals surface area contributed by atoms with E-state index < -0.39 is 29.0 Å². The lowest BCUT2D eigenvalue weighted by atomic mass is 10.2. The second-order valence-electron chi connectivity index (χ2n) is 2.70. The average molecular weight is 227 g/mol. The van der Waals surface area contributed by atoms with Crippen LogP contribution in [0.15, 0.2) is 23.3 Å². The first-order valence-corrected chi connectivity index (χ1v) is 4.09. The van der Waals surface area contributed by atoms with Crippen LogP contribution in [0.2, 0.25) is 0 Å². The predicted octanol–water partition coefficient (Wildman–Crippen LogP) is -0.0998. The van der Waals surface area contributed by atoms with E-state index >= 15 is 0 Å². The number of halogens is 2. The Hall–Kier alpha value is -2.31. The van der Waals surface area contributed by atoms with Gasteiger partial charge in [0.05, 0.1) is 11.8 Å². The van der Waals surface area contributed by atoms with E-state index in [9.17, 15) is 18.4 Å². The van der Waals surface area contributed by atoms with Crippen molar-refractivity contribution in [2.24, 2.45) is 10.8 Å². The van der Waals surface area contributed by atoms with Crippen LogP contribution in [0, 0.1) is 11.6 Å². The zero-order valence-corrected chi connectivity index (χ0v) is 7.91. The molecule has 2 amide bonds. The monoisotopic (exact) mass is 227 g/mol. The second-order valence-corrected chi connectivity index (χ2v) is 2.70. The number of nitrogens with one attached hydrogen (secondary N) is 1. The SMILES string of the molecule is NC(=O)C(=O)N/N=C\c1c(F)cccc1F. The van der Waals surface area contributed by atoms with Gasteiger partial charge in [-0.3, -0.25) is 9.59 Å². The number of hydrazone groups is 1. The summed E-state index contributed by atoms with van der Waals surface area (Å²) in [7, 11) is 0. The summed E-state index contributed by atoms with van der Waals surface area (Å²) in [6.45, 7) is 0. The number of primary amides is 1. The van der Waals surface area contributed by atoms with E-state index in [1.807, 2.05) is 0 Å². The van der Waals surface area contributed by atoms with Crippen molar-refractivity contribution >= 4 is 18.0 Å². The van der Waals surface area contributed by atoms with Crippen molar-refractivity contribution in [2.75, 3.05) is 0 Å². The molecule has 7 heteroatoms. The van der Waals surface area contributed by atoms with Crippen LogP contribution in [-0.4, -0.2) is 18.0 Å². The third-order valence-electron chi connectivity index (χ3n) is 1.58. The standard InChI is InChI=1S/C9H7F2N3O2/c10-6-2-1-3-7(11)5(6)4-13-14-9(16)8(12)15/h1-4H,(H2,12,15)(H,14,16)/b13-4-. The summed E-state index contributed by atoms with van der Waals surface area (Å²) in [5.74, 6) is -4.09. The zero-order chi connectivity index (χ0) is 12.1. The molecule has 0 aliphatic heterocycles. The Kier molecular flexibility index (Phi) is 3.65. The van der Waals surface area contributed by atoms with Crippen molar-refractivity contribution < 1.29 is 18.4 Å². The summed E-state index contributed by atoms with van der Waals surface area (Å²) in [4.78, 5) is 20.9. The molecular formula is C9H7F2N3O2. The van der Waals surface area contributed by atoms with Gasteiger partial charge in [-0.05, 0) is 12.1 Å². The first kappa shape index (κ1) is 11.8. The molecule has 0 bridgehead atoms. The summed E-state index contributed by atoms with van der Waals surface area (Å²) >= 11 is 0. The molecule has 0 aliphatic carbocycles. The molecule has 1 rings (SSSR count). The van der Waals surface area contributed by atoms with Gasteiger partial charge < -0.3 is 5.73 Å². The molecule has 0 aliphatic rings. The number of carbonyl (C=O) groups excluding carboxylic acids is 2. The molecular weight excluding hydrogens is 220 g/mol. The molecule has 0 aromatic heterocycles. The molecule has 0 atom stereocenters. The van der Waals surface area contributed by atoms with Gasteiger partial charge in [0, 0.05) is 0 Å². The van der Waals surface area contributed by atoms with Crippen LogP contribution in [-0.2, 0) is 9.59 Å². The fraction of sp³-hybridized carbons (Fsp3) is 0. The number of hydrogen-bond donors (Lipinski definition) is 2. The molecule has 3 N–H and O–H groups in total. The fourth-order valence-corrected chi connectivity index (χ4v) is 0.845. The smallest absolute Gasteiger partial charge is 0.329 e. The van der Waals surface area contributed by atoms with Gasteiger partial charge in [0.2, 0.25) is 0 Å². The van der Waals surface area contributed by atoms with E-state index in [1.54, 1.807) is 5.43 Å². The molecule has 0 heterocycles. The Balaban J connectivity index is 2.77. The topological polar surface area (TPSA) is 84.5 Å². The number of rotatable bonds is 2. The third-order valence-corrected chi connectivity index (χ3v) is 1.58. The maximum absolute atomic E-state index is 13.0. The number of nitrogens with two attached hydrogens (primary N) is 1. The van der Waals surface area contributed by atoms with Crippen molar-refractivity contribution in [1.29, 1.82) is 0 Å². The van der Waals surface area contributed by atoms with Crippen LogP contribution in [0.25, 0.3) is 0 Å². The summed E-state index contributed by atoms with van der Waals surface area (Å²) in [5, 5.41) is 3.18. The first-order chi connectivity index (χ1) is 7.52. The lowest BCUT2D eigenvalue weighted by Crippen LogP contribution is -2.32. The average Bonchev–Trinajstić information content (AvgIpc) is 2.22. The number of carbonyl (C=O) groups is 2. The van der Waals surface area contributed by atoms with Gasteiger partial charge in [-0.15, -0.1) is 0 Å². The molecule has 1 aromatic carbocycles. The van der Waals surface area contributed by atoms with E-state index in [0.29, 0.717) is 0 Å². The van der Waals surface area contributed by atoms with Crippen LogP contribution < -0.4 is 11.2 Å². The van der Waals surface area contributed by atoms with Crippen molar-refractivity contribution in [1.82, 2.24) is 5.43 Å². The minimum atomic E-state index is -1.24. The van der Waals surface area contributed by atoms with Gasteiger partial charge in [-0.25, -0.2) is 14.2 Å². The predicted molar refractivity (Wildman–Crippen MR) is 51.3 cm³/mol. The Morgan fingerprint density at radius 3 is 2.38 bits per heavy atom. The van der Waals surface area contributed by atoms with E-state index in [0.717, 1.165) is 18.3 Å². The van der Waals surface area contributed by atoms with Gasteiger partial charge in [0.1, 0.15) is 11.6 Å². The third kappa shape index (κ3) is 2.84. The Bertz CT molecular complexity index is 440. The molecule has 5 nitrogen and oxygen atoms in total. The van der Waals surface area contributed by atoms with Crippen molar-refractivity contribution in [3.05, 3.63) is 35.4 Å². The summed E-state index contributed by atoms with van der Waals surface area (Å²) in [6.07, 6.45) is 0.742. The van der Waals surface area contributed by atoms with E-state index in [1.165, 1.54) is 6.07 Å². The number of hydrogen-bond acceptors (Lipinski definition) is 3. The van der Waals surface area contributed by atoms with Gasteiger partial charge in [0.25, 0.3) is 0 Å². The highest BCUT2D eigenvalue weighted by molar-refractivity contribution is 6.34. The van der Waals surface area contributed by atoms with Gasteiger partial charge >= 0.3 is 11.8 Å². The van der Waals surface area contributed by atoms with Crippen molar-refractivity contribution in [3.8, 4) is 0 Å². The number of amides is 2. The number of benzene rings is 1. The van der Waals surface area contributed by atoms with Crippen LogP contribution in [0.5, 0.6) is 0 Å². The van der Waals surface area contributed by atoms with Crippen LogP contribution >= 0.6 is 0 Å². The van der Waals surface area contributed by atoms with E-state index in [-0.39, 0.29) is 0 Å². The summed E-state index contributed by atoms with van der Waals surface area (Å²) < 4.78 is 26.0. The molecule has 16 heavy (non-hydrogen) atoms. The Morgan fingerprint density at radius 1 is 1.31 bits per heavy atom. The molecule has 0 spiro atoms. The second kappa shape index (κ2) is 4.96. The van der Waals surface area contributed by atoms with Gasteiger partial charge in [-0.1, -0.05) is 6.07 Å². The maximum atomic E-state index is 13.0. The lowest BCUT2D eigenvalue weighted by molar-refractivity contribution is -0.137. The maximum Gasteiger partial charge on any atom is 0.329 e. The Labute approximate surface area is 88.9 Å². The quantitative estimate of drug-likeness (QED) is 0.420. The van der Waals surface area contributed by atoms with Crippen molar-refractivity contribution in [2.45, 2.75) is 0 Å². The highest BCUT2D eigenvalue weighted by Gasteiger charge is 2.07. The highest BCUT2D eigenvalue weighted by atomic mass is 19.1. The van der Waals surface area contributed by atoms with E-state index in [4.69, 9.17) is 0 Å². The Morgan fingerprint density at radius 2 is 1.88 bits per heavy atom. The largest absolute Gasteiger partial charge is 0.361 e. The summed E-state index contributed by atoms with van der Waals surface area (Å²) in [6, 6.07) is 3.24. The summed E-state index contributed by atoms with van der Waals surface area (Å²) in [5.41, 5.74) is 5.89. The highest BCUT2D eigenvalue weighted by Crippen LogP contribution is 2.08. The molecule has 0 saturated carbocycles. The van der Waals surface area contributed by atoms with Crippen LogP contribution in [0.4, 0.5) is 8.78 Å². The zero-order valence-electron chi connectivity index (χ0n) is 7.91. The molecule has 84 valence electrons. The van der Waals surface area contributed by atoms with Crippen LogP contribution in [0.1, 0.15) is 5.56 Å². The molecule has 0 unspecified atom stereocenters. The molecule has 0 fully saturated rings. The van der Waals surface area contributed by atoms with Crippen molar-refractivity contribution in [3.63, 3.8) is 0 Å².